The maximum atomic E-state index is 12.5. The Kier molecular flexibility index (Phi) is 7.52. The number of nitrogens with one attached hydrogen (secondary N) is 3. The summed E-state index contributed by atoms with van der Waals surface area (Å²) in [6.45, 7) is 2.26. The van der Waals surface area contributed by atoms with Crippen LogP contribution in [0.2, 0.25) is 0 Å². The fourth-order valence-corrected chi connectivity index (χ4v) is 4.00. The fourth-order valence-electron chi connectivity index (χ4n) is 3.73. The van der Waals surface area contributed by atoms with Crippen molar-refractivity contribution >= 4 is 34.6 Å². The van der Waals surface area contributed by atoms with E-state index in [-0.39, 0.29) is 5.91 Å². The Hall–Kier alpha value is -2.80. The maximum Gasteiger partial charge on any atom is 0.255 e. The van der Waals surface area contributed by atoms with Crippen LogP contribution in [-0.4, -0.2) is 31.3 Å². The van der Waals surface area contributed by atoms with Gasteiger partial charge in [0.15, 0.2) is 5.11 Å². The molecule has 6 nitrogen and oxygen atoms in total. The van der Waals surface area contributed by atoms with Crippen molar-refractivity contribution in [1.29, 1.82) is 0 Å². The lowest BCUT2D eigenvalue weighted by Crippen LogP contribution is -2.43. The van der Waals surface area contributed by atoms with Crippen molar-refractivity contribution in [2.75, 3.05) is 24.9 Å². The first kappa shape index (κ1) is 21.9. The van der Waals surface area contributed by atoms with Crippen LogP contribution in [-0.2, 0) is 0 Å². The molecule has 0 spiro atoms. The highest BCUT2D eigenvalue weighted by molar-refractivity contribution is 7.80. The molecule has 30 heavy (non-hydrogen) atoms. The number of thiocarbonyl (C=S) groups is 1. The number of ether oxygens (including phenoxy) is 2. The highest BCUT2D eigenvalue weighted by Gasteiger charge is 2.22. The van der Waals surface area contributed by atoms with Crippen molar-refractivity contribution in [3.8, 4) is 11.5 Å². The highest BCUT2D eigenvalue weighted by atomic mass is 32.1. The topological polar surface area (TPSA) is 71.6 Å². The summed E-state index contributed by atoms with van der Waals surface area (Å²) in [5, 5.41) is 10.1. The molecule has 1 fully saturated rings. The molecule has 0 bridgehead atoms. The summed E-state index contributed by atoms with van der Waals surface area (Å²) in [6, 6.07) is 12.9. The minimum absolute atomic E-state index is 0.222. The van der Waals surface area contributed by atoms with Gasteiger partial charge in [0.25, 0.3) is 5.91 Å². The van der Waals surface area contributed by atoms with Crippen LogP contribution >= 0.6 is 12.2 Å². The van der Waals surface area contributed by atoms with Crippen molar-refractivity contribution in [1.82, 2.24) is 5.32 Å². The Morgan fingerprint density at radius 3 is 2.17 bits per heavy atom. The van der Waals surface area contributed by atoms with E-state index >= 15 is 0 Å². The smallest absolute Gasteiger partial charge is 0.255 e. The molecular formula is C23H29N3O3S. The van der Waals surface area contributed by atoms with Crippen LogP contribution in [0, 0.1) is 5.92 Å². The summed E-state index contributed by atoms with van der Waals surface area (Å²) >= 11 is 5.54. The lowest BCUT2D eigenvalue weighted by molar-refractivity contribution is 0.102. The molecule has 1 saturated carbocycles. The number of methoxy groups -OCH3 is 2. The molecule has 0 aromatic heterocycles. The van der Waals surface area contributed by atoms with Crippen LogP contribution in [0.1, 0.15) is 43.0 Å². The first-order chi connectivity index (χ1) is 14.5. The zero-order valence-electron chi connectivity index (χ0n) is 17.7. The molecule has 3 rings (SSSR count). The molecule has 2 atom stereocenters. The van der Waals surface area contributed by atoms with Gasteiger partial charge < -0.3 is 25.4 Å². The summed E-state index contributed by atoms with van der Waals surface area (Å²) in [4.78, 5) is 12.5. The summed E-state index contributed by atoms with van der Waals surface area (Å²) in [7, 11) is 3.14. The number of anilines is 2. The van der Waals surface area contributed by atoms with Gasteiger partial charge in [0.2, 0.25) is 0 Å². The second-order valence-corrected chi connectivity index (χ2v) is 7.95. The van der Waals surface area contributed by atoms with Crippen LogP contribution < -0.4 is 25.4 Å². The van der Waals surface area contributed by atoms with Gasteiger partial charge in [-0.15, -0.1) is 0 Å². The Balaban J connectivity index is 1.75. The average molecular weight is 428 g/mol. The van der Waals surface area contributed by atoms with E-state index in [1.54, 1.807) is 38.5 Å². The van der Waals surface area contributed by atoms with E-state index in [4.69, 9.17) is 21.7 Å². The first-order valence-corrected chi connectivity index (χ1v) is 10.6. The predicted molar refractivity (Wildman–Crippen MR) is 125 cm³/mol. The second-order valence-electron chi connectivity index (χ2n) is 7.54. The van der Waals surface area contributed by atoms with E-state index < -0.39 is 0 Å². The van der Waals surface area contributed by atoms with Crippen LogP contribution in [0.3, 0.4) is 0 Å². The van der Waals surface area contributed by atoms with Gasteiger partial charge in [-0.25, -0.2) is 0 Å². The number of hydrogen-bond donors (Lipinski definition) is 3. The number of carbonyl (C=O) groups is 1. The van der Waals surface area contributed by atoms with E-state index in [9.17, 15) is 4.79 Å². The van der Waals surface area contributed by atoms with E-state index in [1.165, 1.54) is 19.3 Å². The van der Waals surface area contributed by atoms with Crippen molar-refractivity contribution in [3.63, 3.8) is 0 Å². The Labute approximate surface area is 183 Å². The standard InChI is InChI=1S/C23H29N3O3S/c1-15-9-7-8-12-17(15)25-23(30)26-19-14-20(28-2)18(13-21(19)29-3)24-22(27)16-10-5-4-6-11-16/h4-6,10-11,13-15,17H,7-9,12H2,1-3H3,(H,24,27)(H2,25,26,30)/t15-,17+/m0/s1. The lowest BCUT2D eigenvalue weighted by atomic mass is 9.86. The van der Waals surface area contributed by atoms with Gasteiger partial charge in [-0.05, 0) is 43.1 Å². The minimum atomic E-state index is -0.222. The van der Waals surface area contributed by atoms with Crippen LogP contribution in [0.15, 0.2) is 42.5 Å². The third kappa shape index (κ3) is 5.42. The first-order valence-electron chi connectivity index (χ1n) is 10.2. The number of benzene rings is 2. The molecule has 0 unspecified atom stereocenters. The number of hydrogen-bond acceptors (Lipinski definition) is 4. The quantitative estimate of drug-likeness (QED) is 0.574. The van der Waals surface area contributed by atoms with Gasteiger partial charge in [-0.2, -0.15) is 0 Å². The Bertz CT molecular complexity index is 889. The fraction of sp³-hybridized carbons (Fsp3) is 0.391. The number of carbonyl (C=O) groups excluding carboxylic acids is 1. The molecule has 2 aromatic rings. The van der Waals surface area contributed by atoms with Crippen LogP contribution in [0.25, 0.3) is 0 Å². The van der Waals surface area contributed by atoms with Crippen molar-refractivity contribution in [2.24, 2.45) is 5.92 Å². The van der Waals surface area contributed by atoms with Gasteiger partial charge in [0.05, 0.1) is 25.6 Å². The van der Waals surface area contributed by atoms with E-state index in [0.717, 1.165) is 6.42 Å². The van der Waals surface area contributed by atoms with E-state index in [1.807, 2.05) is 18.2 Å². The molecule has 160 valence electrons. The largest absolute Gasteiger partial charge is 0.494 e. The molecule has 7 heteroatoms. The Morgan fingerprint density at radius 2 is 1.57 bits per heavy atom. The van der Waals surface area contributed by atoms with Gasteiger partial charge >= 0.3 is 0 Å². The highest BCUT2D eigenvalue weighted by Crippen LogP contribution is 2.36. The molecule has 0 aliphatic heterocycles. The van der Waals surface area contributed by atoms with Crippen molar-refractivity contribution in [3.05, 3.63) is 48.0 Å². The van der Waals surface area contributed by atoms with E-state index in [2.05, 4.69) is 22.9 Å². The Morgan fingerprint density at radius 1 is 0.967 bits per heavy atom. The molecule has 1 aliphatic carbocycles. The molecule has 1 amide bonds. The molecule has 0 radical (unpaired) electrons. The van der Waals surface area contributed by atoms with Gasteiger partial charge in [0.1, 0.15) is 11.5 Å². The minimum Gasteiger partial charge on any atom is -0.494 e. The normalized spacial score (nSPS) is 18.2. The molecular weight excluding hydrogens is 398 g/mol. The monoisotopic (exact) mass is 427 g/mol. The van der Waals surface area contributed by atoms with E-state index in [0.29, 0.717) is 45.5 Å². The lowest BCUT2D eigenvalue weighted by Gasteiger charge is -2.30. The molecule has 0 saturated heterocycles. The van der Waals surface area contributed by atoms with Crippen molar-refractivity contribution in [2.45, 2.75) is 38.6 Å². The van der Waals surface area contributed by atoms with Gasteiger partial charge in [0, 0.05) is 23.7 Å². The van der Waals surface area contributed by atoms with Crippen LogP contribution in [0.4, 0.5) is 11.4 Å². The molecule has 2 aromatic carbocycles. The van der Waals surface area contributed by atoms with Gasteiger partial charge in [-0.3, -0.25) is 4.79 Å². The van der Waals surface area contributed by atoms with Crippen LogP contribution in [0.5, 0.6) is 11.5 Å². The maximum absolute atomic E-state index is 12.5. The third-order valence-corrected chi connectivity index (χ3v) is 5.70. The number of amides is 1. The zero-order chi connectivity index (χ0) is 21.5. The average Bonchev–Trinajstić information content (AvgIpc) is 2.76. The summed E-state index contributed by atoms with van der Waals surface area (Å²) in [5.41, 5.74) is 1.76. The predicted octanol–water partition coefficient (Wildman–Crippen LogP) is 4.82. The number of rotatable bonds is 6. The SMILES string of the molecule is COc1cc(NC(=S)N[C@@H]2CCCC[C@@H]2C)c(OC)cc1NC(=O)c1ccccc1. The summed E-state index contributed by atoms with van der Waals surface area (Å²) in [6.07, 6.45) is 4.83. The van der Waals surface area contributed by atoms with Crippen molar-refractivity contribution < 1.29 is 14.3 Å². The second kappa shape index (κ2) is 10.3. The molecule has 3 N–H and O–H groups in total. The zero-order valence-corrected chi connectivity index (χ0v) is 18.5. The molecule has 1 aliphatic rings. The van der Waals surface area contributed by atoms with Gasteiger partial charge in [-0.1, -0.05) is 38.0 Å². The molecule has 0 heterocycles. The summed E-state index contributed by atoms with van der Waals surface area (Å²) < 4.78 is 11.0. The third-order valence-electron chi connectivity index (χ3n) is 5.48. The summed E-state index contributed by atoms with van der Waals surface area (Å²) in [5.74, 6) is 1.43.